The molecule has 6 heterocycles. The van der Waals surface area contributed by atoms with E-state index in [9.17, 15) is 13.2 Å². The van der Waals surface area contributed by atoms with Crippen molar-refractivity contribution in [1.29, 1.82) is 0 Å². The highest BCUT2D eigenvalue weighted by atomic mass is 32.2. The average molecular weight is 600 g/mol. The Kier molecular flexibility index (Phi) is 7.45. The quantitative estimate of drug-likeness (QED) is 0.557. The van der Waals surface area contributed by atoms with Crippen molar-refractivity contribution in [2.45, 2.75) is 71.1 Å². The van der Waals surface area contributed by atoms with Gasteiger partial charge in [-0.3, -0.25) is 9.88 Å². The first-order valence-corrected chi connectivity index (χ1v) is 16.7. The van der Waals surface area contributed by atoms with Crippen LogP contribution >= 0.6 is 0 Å². The lowest BCUT2D eigenvalue weighted by Crippen LogP contribution is -2.62. The number of nitrogens with one attached hydrogen (secondary N) is 1. The van der Waals surface area contributed by atoms with Crippen LogP contribution in [0, 0.1) is 6.92 Å². The Morgan fingerprint density at radius 3 is 2.45 bits per heavy atom. The molecule has 4 aliphatic heterocycles. The standard InChI is InChI=1S/C29H41N7O5S/c1-18-25-23(33-26-24(19(2)40-25)27(31-17-30-26)35-10-12-42(38,39)13-11-35)14-22(32-18)20-6-8-34(9-7-20)21-15-36(16-21)28(37)41-29(3,4)5/h14,17,19-21H,6-13,15-16H2,1-5H3,(H,30,31,33)/t19-/m0/s1. The first-order chi connectivity index (χ1) is 19.9. The number of fused-ring (bicyclic) bond motifs is 2. The molecule has 12 nitrogen and oxygen atoms in total. The van der Waals surface area contributed by atoms with E-state index in [1.165, 1.54) is 6.33 Å². The minimum atomic E-state index is -3.01. The summed E-state index contributed by atoms with van der Waals surface area (Å²) >= 11 is 0. The van der Waals surface area contributed by atoms with E-state index in [1.807, 2.05) is 39.5 Å². The maximum absolute atomic E-state index is 12.3. The number of hydrogen-bond acceptors (Lipinski definition) is 11. The van der Waals surface area contributed by atoms with Crippen LogP contribution in [0.1, 0.15) is 69.5 Å². The smallest absolute Gasteiger partial charge is 0.410 e. The summed E-state index contributed by atoms with van der Waals surface area (Å²) in [5.74, 6) is 2.63. The van der Waals surface area contributed by atoms with Gasteiger partial charge < -0.3 is 24.6 Å². The summed E-state index contributed by atoms with van der Waals surface area (Å²) in [5.41, 5.74) is 3.04. The highest BCUT2D eigenvalue weighted by Crippen LogP contribution is 2.44. The molecule has 1 amide bonds. The van der Waals surface area contributed by atoms with Crippen LogP contribution in [0.25, 0.3) is 0 Å². The first kappa shape index (κ1) is 28.9. The summed E-state index contributed by atoms with van der Waals surface area (Å²) in [6.07, 6.45) is 2.93. The average Bonchev–Trinajstić information content (AvgIpc) is 3.03. The minimum absolute atomic E-state index is 0.114. The number of pyridine rings is 1. The Labute approximate surface area is 247 Å². The number of aryl methyl sites for hydroxylation is 1. The Balaban J connectivity index is 1.13. The monoisotopic (exact) mass is 599 g/mol. The van der Waals surface area contributed by atoms with Crippen LogP contribution in [0.3, 0.4) is 0 Å². The van der Waals surface area contributed by atoms with E-state index in [2.05, 4.69) is 26.3 Å². The molecule has 0 radical (unpaired) electrons. The van der Waals surface area contributed by atoms with Crippen molar-refractivity contribution < 1.29 is 22.7 Å². The van der Waals surface area contributed by atoms with E-state index in [0.717, 1.165) is 48.6 Å². The van der Waals surface area contributed by atoms with Gasteiger partial charge >= 0.3 is 6.09 Å². The van der Waals surface area contributed by atoms with Gasteiger partial charge in [-0.25, -0.2) is 23.2 Å². The molecular formula is C29H41N7O5S. The molecule has 0 spiro atoms. The summed E-state index contributed by atoms with van der Waals surface area (Å²) in [5, 5.41) is 3.51. The third kappa shape index (κ3) is 5.85. The number of carbonyl (C=O) groups is 1. The number of aromatic nitrogens is 3. The molecule has 13 heteroatoms. The summed E-state index contributed by atoms with van der Waals surface area (Å²) < 4.78 is 36.0. The van der Waals surface area contributed by atoms with Gasteiger partial charge in [0.1, 0.15) is 29.7 Å². The number of amides is 1. The van der Waals surface area contributed by atoms with Gasteiger partial charge in [-0.1, -0.05) is 0 Å². The van der Waals surface area contributed by atoms with Crippen LogP contribution in [0.2, 0.25) is 0 Å². The number of piperidine rings is 1. The molecular weight excluding hydrogens is 558 g/mol. The molecule has 6 rings (SSSR count). The van der Waals surface area contributed by atoms with Gasteiger partial charge in [0.15, 0.2) is 15.6 Å². The summed E-state index contributed by atoms with van der Waals surface area (Å²) in [6, 6.07) is 2.47. The maximum atomic E-state index is 12.3. The number of rotatable bonds is 3. The minimum Gasteiger partial charge on any atom is -0.482 e. The van der Waals surface area contributed by atoms with Gasteiger partial charge in [0.25, 0.3) is 0 Å². The molecule has 0 aliphatic carbocycles. The van der Waals surface area contributed by atoms with Gasteiger partial charge in [0.05, 0.1) is 28.5 Å². The number of anilines is 3. The molecule has 0 saturated carbocycles. The lowest BCUT2D eigenvalue weighted by atomic mass is 9.91. The lowest BCUT2D eigenvalue weighted by molar-refractivity contribution is -0.0197. The molecule has 0 bridgehead atoms. The van der Waals surface area contributed by atoms with Crippen LogP contribution in [0.5, 0.6) is 5.75 Å². The molecule has 4 aliphatic rings. The first-order valence-electron chi connectivity index (χ1n) is 14.8. The fourth-order valence-corrected chi connectivity index (χ4v) is 7.46. The Hall–Kier alpha value is -3.19. The Morgan fingerprint density at radius 2 is 1.79 bits per heavy atom. The fraction of sp³-hybridized carbons (Fsp3) is 0.655. The highest BCUT2D eigenvalue weighted by Gasteiger charge is 2.39. The molecule has 42 heavy (non-hydrogen) atoms. The normalized spacial score (nSPS) is 23.1. The van der Waals surface area contributed by atoms with Crippen LogP contribution in [-0.2, 0) is 14.6 Å². The van der Waals surface area contributed by atoms with E-state index >= 15 is 0 Å². The fourth-order valence-electron chi connectivity index (χ4n) is 6.26. The van der Waals surface area contributed by atoms with Crippen molar-refractivity contribution in [2.24, 2.45) is 0 Å². The van der Waals surface area contributed by atoms with Crippen molar-refractivity contribution in [3.63, 3.8) is 0 Å². The van der Waals surface area contributed by atoms with Crippen molar-refractivity contribution in [1.82, 2.24) is 24.8 Å². The third-order valence-corrected chi connectivity index (χ3v) is 10.2. The molecule has 1 N–H and O–H groups in total. The Bertz CT molecular complexity index is 1450. The predicted octanol–water partition coefficient (Wildman–Crippen LogP) is 3.41. The predicted molar refractivity (Wildman–Crippen MR) is 159 cm³/mol. The third-order valence-electron chi connectivity index (χ3n) is 8.60. The second-order valence-corrected chi connectivity index (χ2v) is 15.1. The van der Waals surface area contributed by atoms with Gasteiger partial charge in [0.2, 0.25) is 0 Å². The van der Waals surface area contributed by atoms with E-state index in [0.29, 0.717) is 55.5 Å². The zero-order chi connectivity index (χ0) is 29.8. The van der Waals surface area contributed by atoms with Gasteiger partial charge in [0, 0.05) is 43.8 Å². The van der Waals surface area contributed by atoms with Gasteiger partial charge in [-0.2, -0.15) is 0 Å². The zero-order valence-corrected chi connectivity index (χ0v) is 25.9. The Morgan fingerprint density at radius 1 is 1.10 bits per heavy atom. The van der Waals surface area contributed by atoms with Crippen molar-refractivity contribution in [2.75, 3.05) is 61.0 Å². The van der Waals surface area contributed by atoms with Crippen LogP contribution < -0.4 is 15.0 Å². The summed E-state index contributed by atoms with van der Waals surface area (Å²) in [4.78, 5) is 32.7. The summed E-state index contributed by atoms with van der Waals surface area (Å²) in [7, 11) is -3.01. The van der Waals surface area contributed by atoms with Gasteiger partial charge in [-0.05, 0) is 66.6 Å². The van der Waals surface area contributed by atoms with Crippen LogP contribution in [0.4, 0.5) is 22.1 Å². The largest absolute Gasteiger partial charge is 0.482 e. The molecule has 0 aromatic carbocycles. The molecule has 1 atom stereocenters. The molecule has 3 saturated heterocycles. The summed E-state index contributed by atoms with van der Waals surface area (Å²) in [6.45, 7) is 13.8. The molecule has 3 fully saturated rings. The van der Waals surface area contributed by atoms with E-state index < -0.39 is 15.4 Å². The van der Waals surface area contributed by atoms with Crippen LogP contribution in [0.15, 0.2) is 12.4 Å². The zero-order valence-electron chi connectivity index (χ0n) is 25.1. The van der Waals surface area contributed by atoms with Crippen molar-refractivity contribution >= 4 is 33.3 Å². The number of sulfone groups is 1. The highest BCUT2D eigenvalue weighted by molar-refractivity contribution is 7.91. The molecule has 2 aromatic rings. The number of hydrogen-bond donors (Lipinski definition) is 1. The molecule has 228 valence electrons. The SMILES string of the molecule is Cc1nc(C2CCN(C3CN(C(=O)OC(C)(C)C)C3)CC2)cc2c1O[C@@H](C)c1c(ncnc1N1CCS(=O)(=O)CC1)N2. The second kappa shape index (κ2) is 10.8. The van der Waals surface area contributed by atoms with E-state index in [1.54, 1.807) is 4.90 Å². The molecule has 0 unspecified atom stereocenters. The molecule has 2 aromatic heterocycles. The number of likely N-dealkylation sites (tertiary alicyclic amines) is 2. The number of ether oxygens (including phenoxy) is 2. The second-order valence-electron chi connectivity index (χ2n) is 12.8. The maximum Gasteiger partial charge on any atom is 0.410 e. The van der Waals surface area contributed by atoms with E-state index in [-0.39, 0.29) is 23.7 Å². The number of nitrogens with zero attached hydrogens (tertiary/aromatic N) is 6. The van der Waals surface area contributed by atoms with Crippen molar-refractivity contribution in [3.8, 4) is 5.75 Å². The number of carbonyl (C=O) groups excluding carboxylic acids is 1. The lowest BCUT2D eigenvalue weighted by Gasteiger charge is -2.47. The topological polar surface area (TPSA) is 130 Å². The van der Waals surface area contributed by atoms with Crippen LogP contribution in [-0.4, -0.2) is 102 Å². The van der Waals surface area contributed by atoms with Crippen molar-refractivity contribution in [3.05, 3.63) is 29.3 Å². The van der Waals surface area contributed by atoms with Gasteiger partial charge in [-0.15, -0.1) is 0 Å². The van der Waals surface area contributed by atoms with E-state index in [4.69, 9.17) is 14.5 Å².